The topological polar surface area (TPSA) is 26.0 Å². The minimum Gasteiger partial charge on any atom is -0.328 e. The van der Waals surface area contributed by atoms with Crippen LogP contribution in [0.3, 0.4) is 0 Å². The molecule has 1 nitrogen and oxygen atoms in total. The highest BCUT2D eigenvalue weighted by Crippen LogP contribution is 2.12. The lowest BCUT2D eigenvalue weighted by molar-refractivity contribution is 0.643. The van der Waals surface area contributed by atoms with Crippen molar-refractivity contribution in [3.8, 4) is 0 Å². The van der Waals surface area contributed by atoms with E-state index in [0.29, 0.717) is 6.04 Å². The molecule has 0 bridgehead atoms. The number of hydrogen-bond acceptors (Lipinski definition) is 1. The maximum absolute atomic E-state index is 5.76. The van der Waals surface area contributed by atoms with Gasteiger partial charge in [0, 0.05) is 6.04 Å². The van der Waals surface area contributed by atoms with Gasteiger partial charge in [0.25, 0.3) is 0 Å². The molecule has 1 aromatic carbocycles. The molecule has 1 aromatic rings. The van der Waals surface area contributed by atoms with Crippen LogP contribution in [0.5, 0.6) is 0 Å². The lowest BCUT2D eigenvalue weighted by atomic mass is 9.99. The van der Waals surface area contributed by atoms with Gasteiger partial charge in [0.1, 0.15) is 0 Å². The van der Waals surface area contributed by atoms with Crippen LogP contribution in [0.4, 0.5) is 0 Å². The Hall–Kier alpha value is -0.820. The third kappa shape index (κ3) is 4.98. The molecular weight excluding hydrogens is 182 g/mol. The lowest BCUT2D eigenvalue weighted by Gasteiger charge is -2.08. The number of nitrogens with two attached hydrogens (primary N) is 1. The first-order valence-corrected chi connectivity index (χ1v) is 5.91. The molecule has 0 heterocycles. The van der Waals surface area contributed by atoms with Gasteiger partial charge in [-0.2, -0.15) is 0 Å². The molecule has 0 radical (unpaired) electrons. The largest absolute Gasteiger partial charge is 0.328 e. The fourth-order valence-corrected chi connectivity index (χ4v) is 1.78. The molecule has 0 aliphatic rings. The summed E-state index contributed by atoms with van der Waals surface area (Å²) in [6, 6.07) is 9.21. The molecule has 1 rings (SSSR count). The maximum atomic E-state index is 5.76. The number of aryl methyl sites for hydroxylation is 1. The summed E-state index contributed by atoms with van der Waals surface area (Å²) < 4.78 is 0. The van der Waals surface area contributed by atoms with Gasteiger partial charge < -0.3 is 5.73 Å². The molecule has 0 aliphatic carbocycles. The zero-order valence-corrected chi connectivity index (χ0v) is 10.2. The number of hydrogen-bond donors (Lipinski definition) is 1. The molecule has 0 amide bonds. The van der Waals surface area contributed by atoms with E-state index in [1.165, 1.54) is 17.5 Å². The molecular formula is C14H23N. The van der Waals surface area contributed by atoms with Crippen molar-refractivity contribution in [1.29, 1.82) is 0 Å². The van der Waals surface area contributed by atoms with Crippen LogP contribution in [0, 0.1) is 5.92 Å². The minimum absolute atomic E-state index is 0.304. The van der Waals surface area contributed by atoms with Crippen molar-refractivity contribution in [1.82, 2.24) is 0 Å². The molecule has 0 aromatic heterocycles. The van der Waals surface area contributed by atoms with Crippen LogP contribution < -0.4 is 5.73 Å². The molecule has 0 fully saturated rings. The molecule has 1 unspecified atom stereocenters. The van der Waals surface area contributed by atoms with Crippen molar-refractivity contribution in [3.05, 3.63) is 35.4 Å². The molecule has 84 valence electrons. The third-order valence-corrected chi connectivity index (χ3v) is 2.52. The summed E-state index contributed by atoms with van der Waals surface area (Å²) in [4.78, 5) is 0. The van der Waals surface area contributed by atoms with Crippen LogP contribution in [-0.4, -0.2) is 6.04 Å². The smallest absolute Gasteiger partial charge is 0.00136 e. The summed E-state index contributed by atoms with van der Waals surface area (Å²) in [6.07, 6.45) is 3.35. The summed E-state index contributed by atoms with van der Waals surface area (Å²) >= 11 is 0. The predicted molar refractivity (Wildman–Crippen MR) is 67.0 cm³/mol. The van der Waals surface area contributed by atoms with Gasteiger partial charge in [0.15, 0.2) is 0 Å². The predicted octanol–water partition coefficient (Wildman–Crippen LogP) is 3.16. The van der Waals surface area contributed by atoms with Crippen molar-refractivity contribution < 1.29 is 0 Å². The van der Waals surface area contributed by atoms with Gasteiger partial charge in [-0.15, -0.1) is 0 Å². The Morgan fingerprint density at radius 3 is 2.40 bits per heavy atom. The van der Waals surface area contributed by atoms with Crippen LogP contribution >= 0.6 is 0 Å². The van der Waals surface area contributed by atoms with Crippen LogP contribution in [0.15, 0.2) is 24.3 Å². The molecule has 1 heteroatoms. The van der Waals surface area contributed by atoms with Crippen molar-refractivity contribution in [2.45, 2.75) is 46.1 Å². The molecule has 15 heavy (non-hydrogen) atoms. The zero-order chi connectivity index (χ0) is 11.3. The van der Waals surface area contributed by atoms with Crippen LogP contribution in [0.2, 0.25) is 0 Å². The van der Waals surface area contributed by atoms with Crippen molar-refractivity contribution in [3.63, 3.8) is 0 Å². The van der Waals surface area contributed by atoms with Gasteiger partial charge in [-0.3, -0.25) is 0 Å². The molecule has 0 spiro atoms. The van der Waals surface area contributed by atoms with Gasteiger partial charge in [0.05, 0.1) is 0 Å². The molecule has 2 N–H and O–H groups in total. The Bertz CT molecular complexity index is 289. The van der Waals surface area contributed by atoms with Gasteiger partial charge >= 0.3 is 0 Å². The Morgan fingerprint density at radius 1 is 1.13 bits per heavy atom. The van der Waals surface area contributed by atoms with E-state index < -0.39 is 0 Å². The lowest BCUT2D eigenvalue weighted by Crippen LogP contribution is -2.15. The van der Waals surface area contributed by atoms with E-state index in [4.69, 9.17) is 5.73 Å². The second kappa shape index (κ2) is 5.92. The molecule has 1 atom stereocenters. The fourth-order valence-electron chi connectivity index (χ4n) is 1.78. The molecule has 0 aliphatic heterocycles. The summed E-state index contributed by atoms with van der Waals surface area (Å²) in [5, 5.41) is 0. The van der Waals surface area contributed by atoms with Crippen LogP contribution in [-0.2, 0) is 12.8 Å². The van der Waals surface area contributed by atoms with E-state index in [1.807, 2.05) is 0 Å². The highest BCUT2D eigenvalue weighted by molar-refractivity contribution is 5.24. The maximum Gasteiger partial charge on any atom is 0.00136 e. The standard InChI is InChI=1S/C14H23N/c1-11(2)9-14-6-4-5-13(10-14)8-7-12(3)15/h4-6,10-12H,7-9,15H2,1-3H3. The normalized spacial score (nSPS) is 13.1. The van der Waals surface area contributed by atoms with Crippen LogP contribution in [0.1, 0.15) is 38.3 Å². The fraction of sp³-hybridized carbons (Fsp3) is 0.571. The Balaban J connectivity index is 2.57. The average molecular weight is 205 g/mol. The van der Waals surface area contributed by atoms with Gasteiger partial charge in [0.2, 0.25) is 0 Å². The van der Waals surface area contributed by atoms with Gasteiger partial charge in [-0.25, -0.2) is 0 Å². The van der Waals surface area contributed by atoms with Gasteiger partial charge in [-0.1, -0.05) is 38.1 Å². The Labute approximate surface area is 93.7 Å². The summed E-state index contributed by atoms with van der Waals surface area (Å²) in [5.41, 5.74) is 8.63. The van der Waals surface area contributed by atoms with E-state index in [2.05, 4.69) is 45.0 Å². The molecule has 0 saturated heterocycles. The van der Waals surface area contributed by atoms with Gasteiger partial charge in [-0.05, 0) is 43.2 Å². The first-order valence-electron chi connectivity index (χ1n) is 5.91. The van der Waals surface area contributed by atoms with Crippen molar-refractivity contribution in [2.24, 2.45) is 11.7 Å². The summed E-state index contributed by atoms with van der Waals surface area (Å²) in [6.45, 7) is 6.58. The minimum atomic E-state index is 0.304. The average Bonchev–Trinajstić information content (AvgIpc) is 2.14. The first-order chi connectivity index (χ1) is 7.08. The monoisotopic (exact) mass is 205 g/mol. The third-order valence-electron chi connectivity index (χ3n) is 2.52. The number of benzene rings is 1. The first kappa shape index (κ1) is 12.3. The summed E-state index contributed by atoms with van der Waals surface area (Å²) in [5.74, 6) is 0.730. The van der Waals surface area contributed by atoms with E-state index >= 15 is 0 Å². The highest BCUT2D eigenvalue weighted by Gasteiger charge is 2.00. The second-order valence-corrected chi connectivity index (χ2v) is 4.93. The van der Waals surface area contributed by atoms with E-state index in [0.717, 1.165) is 18.8 Å². The highest BCUT2D eigenvalue weighted by atomic mass is 14.6. The van der Waals surface area contributed by atoms with E-state index in [9.17, 15) is 0 Å². The van der Waals surface area contributed by atoms with Crippen molar-refractivity contribution in [2.75, 3.05) is 0 Å². The SMILES string of the molecule is CC(C)Cc1cccc(CCC(C)N)c1. The van der Waals surface area contributed by atoms with E-state index in [-0.39, 0.29) is 0 Å². The zero-order valence-electron chi connectivity index (χ0n) is 10.2. The van der Waals surface area contributed by atoms with E-state index in [1.54, 1.807) is 0 Å². The molecule has 0 saturated carbocycles. The second-order valence-electron chi connectivity index (χ2n) is 4.93. The quantitative estimate of drug-likeness (QED) is 0.785. The van der Waals surface area contributed by atoms with Crippen molar-refractivity contribution >= 4 is 0 Å². The Kier molecular flexibility index (Phi) is 4.83. The van der Waals surface area contributed by atoms with Crippen LogP contribution in [0.25, 0.3) is 0 Å². The Morgan fingerprint density at radius 2 is 1.80 bits per heavy atom. The number of rotatable bonds is 5. The summed E-state index contributed by atoms with van der Waals surface area (Å²) in [7, 11) is 0.